The third-order valence-corrected chi connectivity index (χ3v) is 4.82. The predicted molar refractivity (Wildman–Crippen MR) is 110 cm³/mol. The molecule has 0 amide bonds. The Hall–Kier alpha value is -0.260. The highest BCUT2D eigenvalue weighted by molar-refractivity contribution is 14.1. The molecule has 1 aromatic heterocycles. The number of alkyl halides is 1. The number of hydrogen-bond donors (Lipinski definition) is 2. The van der Waals surface area contributed by atoms with Gasteiger partial charge in [-0.05, 0) is 24.3 Å². The molecule has 0 saturated carbocycles. The minimum atomic E-state index is -0.127. The minimum absolute atomic E-state index is 0.102. The lowest BCUT2D eigenvalue weighted by atomic mass is 10.2. The molecule has 0 saturated heterocycles. The number of aromatic nitrogens is 1. The first-order chi connectivity index (χ1) is 10.4. The van der Waals surface area contributed by atoms with E-state index in [0.717, 1.165) is 26.5 Å². The number of ether oxygens (including phenoxy) is 1. The van der Waals surface area contributed by atoms with Gasteiger partial charge < -0.3 is 10.1 Å². The van der Waals surface area contributed by atoms with E-state index in [9.17, 15) is 0 Å². The highest BCUT2D eigenvalue weighted by atomic mass is 127. The number of fused-ring (bicyclic) bond motifs is 1. The number of thiazole rings is 1. The quantitative estimate of drug-likeness (QED) is 0.316. The Kier molecular flexibility index (Phi) is 5.05. The van der Waals surface area contributed by atoms with Gasteiger partial charge in [0, 0.05) is 11.8 Å². The van der Waals surface area contributed by atoms with Gasteiger partial charge in [0.25, 0.3) is 0 Å². The van der Waals surface area contributed by atoms with Gasteiger partial charge >= 0.3 is 0 Å². The zero-order chi connectivity index (χ0) is 15.7. The van der Waals surface area contributed by atoms with Crippen LogP contribution in [0.4, 0.5) is 0 Å². The summed E-state index contributed by atoms with van der Waals surface area (Å²) in [6, 6.07) is 5.95. The van der Waals surface area contributed by atoms with Crippen LogP contribution in [0, 0.1) is 0 Å². The van der Waals surface area contributed by atoms with Crippen molar-refractivity contribution in [3.05, 3.63) is 41.6 Å². The lowest BCUT2D eigenvalue weighted by Gasteiger charge is -2.26. The maximum atomic E-state index is 5.26. The number of nitrogens with zero attached hydrogens (tertiary/aromatic N) is 1. The Labute approximate surface area is 151 Å². The summed E-state index contributed by atoms with van der Waals surface area (Å²) in [4.78, 5) is 4.68. The number of methoxy groups -OCH3 is 1. The van der Waals surface area contributed by atoms with E-state index in [1.165, 1.54) is 0 Å². The highest BCUT2D eigenvalue weighted by Crippen LogP contribution is 2.33. The second kappa shape index (κ2) is 6.70. The van der Waals surface area contributed by atoms with Crippen LogP contribution in [0.5, 0.6) is 5.75 Å². The van der Waals surface area contributed by atoms with Crippen LogP contribution in [-0.2, 0) is 0 Å². The van der Waals surface area contributed by atoms with Gasteiger partial charge in [0.15, 0.2) is 0 Å². The average Bonchev–Trinajstić information content (AvgIpc) is 2.89. The molecule has 4 nitrogen and oxygen atoms in total. The average molecular weight is 463 g/mol. The molecule has 2 aromatic rings. The first-order valence-electron chi connectivity index (χ1n) is 6.58. The Morgan fingerprint density at radius 3 is 2.91 bits per heavy atom. The number of allylic oxidation sites excluding steroid dienone is 2. The van der Waals surface area contributed by atoms with E-state index in [4.69, 9.17) is 4.74 Å². The fraction of sp³-hybridized carbons (Fsp3) is 0.214. The SMILES string of the molecule is COc1ccc2nc(C3=CNC(NC(P)(P)I)C=C3)sc2c1. The van der Waals surface area contributed by atoms with E-state index >= 15 is 0 Å². The summed E-state index contributed by atoms with van der Waals surface area (Å²) in [5.74, 6) is 0.859. The Morgan fingerprint density at radius 1 is 1.45 bits per heavy atom. The van der Waals surface area contributed by atoms with Crippen LogP contribution in [0.2, 0.25) is 0 Å². The second-order valence-electron chi connectivity index (χ2n) is 4.87. The Morgan fingerprint density at radius 2 is 2.27 bits per heavy atom. The van der Waals surface area contributed by atoms with E-state index < -0.39 is 0 Å². The standard InChI is InChI=1S/C14H16IN3OP2S/c1-19-9-3-4-10-11(6-9)22-13(17-10)8-2-5-12(16-7-8)18-14(15,20)21/h2-7,12,16,18H,20-21H2,1H3. The molecule has 0 fully saturated rings. The minimum Gasteiger partial charge on any atom is -0.497 e. The fourth-order valence-corrected chi connectivity index (χ4v) is 3.78. The van der Waals surface area contributed by atoms with Crippen molar-refractivity contribution in [1.82, 2.24) is 15.6 Å². The Bertz CT molecular complexity index is 754. The number of dihydropyridines is 1. The summed E-state index contributed by atoms with van der Waals surface area (Å²) in [7, 11) is 7.16. The largest absolute Gasteiger partial charge is 0.497 e. The molecule has 116 valence electrons. The van der Waals surface area contributed by atoms with Gasteiger partial charge in [-0.2, -0.15) is 0 Å². The van der Waals surface area contributed by atoms with Gasteiger partial charge in [-0.1, -0.05) is 28.7 Å². The second-order valence-corrected chi connectivity index (χ2v) is 12.5. The van der Waals surface area contributed by atoms with Gasteiger partial charge in [-0.15, -0.1) is 29.8 Å². The summed E-state index contributed by atoms with van der Waals surface area (Å²) >= 11 is 3.98. The molecule has 8 heteroatoms. The molecule has 3 rings (SSSR count). The summed E-state index contributed by atoms with van der Waals surface area (Å²) in [6.45, 7) is 0. The van der Waals surface area contributed by atoms with E-state index in [1.807, 2.05) is 24.4 Å². The number of nitrogens with one attached hydrogen (secondary N) is 2. The predicted octanol–water partition coefficient (Wildman–Crippen LogP) is 3.52. The fourth-order valence-electron chi connectivity index (χ4n) is 2.10. The van der Waals surface area contributed by atoms with Gasteiger partial charge in [0.05, 0.1) is 26.5 Å². The summed E-state index contributed by atoms with van der Waals surface area (Å²) < 4.78 is 6.26. The zero-order valence-electron chi connectivity index (χ0n) is 11.8. The maximum absolute atomic E-state index is 5.26. The molecular formula is C14H16IN3OP2S. The smallest absolute Gasteiger partial charge is 0.126 e. The molecule has 22 heavy (non-hydrogen) atoms. The van der Waals surface area contributed by atoms with Gasteiger partial charge in [-0.3, -0.25) is 5.32 Å². The van der Waals surface area contributed by atoms with Crippen LogP contribution >= 0.6 is 52.4 Å². The van der Waals surface area contributed by atoms with Crippen molar-refractivity contribution < 1.29 is 4.74 Å². The molecule has 0 aliphatic carbocycles. The molecule has 2 heterocycles. The normalized spacial score (nSPS) is 18.2. The van der Waals surface area contributed by atoms with Crippen molar-refractivity contribution in [3.8, 4) is 5.75 Å². The van der Waals surface area contributed by atoms with Crippen LogP contribution in [0.15, 0.2) is 36.6 Å². The lowest BCUT2D eigenvalue weighted by molar-refractivity contribution is 0.415. The topological polar surface area (TPSA) is 46.2 Å². The van der Waals surface area contributed by atoms with E-state index in [1.54, 1.807) is 18.4 Å². The molecule has 1 aliphatic heterocycles. The highest BCUT2D eigenvalue weighted by Gasteiger charge is 2.18. The molecule has 0 bridgehead atoms. The molecule has 1 aromatic carbocycles. The van der Waals surface area contributed by atoms with Crippen molar-refractivity contribution in [2.45, 2.75) is 9.19 Å². The summed E-state index contributed by atoms with van der Waals surface area (Å²) in [6.07, 6.45) is 6.31. The van der Waals surface area contributed by atoms with Crippen LogP contribution in [0.3, 0.4) is 0 Å². The van der Waals surface area contributed by atoms with Crippen molar-refractivity contribution in [2.24, 2.45) is 0 Å². The molecule has 3 unspecified atom stereocenters. The van der Waals surface area contributed by atoms with Crippen LogP contribution in [0.1, 0.15) is 5.01 Å². The zero-order valence-corrected chi connectivity index (χ0v) is 17.1. The molecule has 3 atom stereocenters. The number of halogens is 1. The summed E-state index contributed by atoms with van der Waals surface area (Å²) in [5, 5.41) is 7.75. The lowest BCUT2D eigenvalue weighted by Crippen LogP contribution is -2.44. The van der Waals surface area contributed by atoms with Gasteiger partial charge in [0.2, 0.25) is 0 Å². The first kappa shape index (κ1) is 16.6. The molecular weight excluding hydrogens is 447 g/mol. The van der Waals surface area contributed by atoms with E-state index in [-0.39, 0.29) is 9.19 Å². The van der Waals surface area contributed by atoms with Crippen molar-refractivity contribution in [3.63, 3.8) is 0 Å². The molecule has 2 N–H and O–H groups in total. The number of rotatable bonds is 4. The maximum Gasteiger partial charge on any atom is 0.126 e. The number of benzene rings is 1. The van der Waals surface area contributed by atoms with Crippen molar-refractivity contribution >= 4 is 68.2 Å². The van der Waals surface area contributed by atoms with E-state index in [0.29, 0.717) is 0 Å². The van der Waals surface area contributed by atoms with Crippen molar-refractivity contribution in [2.75, 3.05) is 7.11 Å². The third-order valence-electron chi connectivity index (χ3n) is 3.11. The van der Waals surface area contributed by atoms with Crippen LogP contribution in [0.25, 0.3) is 15.8 Å². The van der Waals surface area contributed by atoms with Crippen LogP contribution in [-0.4, -0.2) is 21.3 Å². The molecule has 0 radical (unpaired) electrons. The van der Waals surface area contributed by atoms with Gasteiger partial charge in [0.1, 0.15) is 10.8 Å². The monoisotopic (exact) mass is 463 g/mol. The van der Waals surface area contributed by atoms with Crippen LogP contribution < -0.4 is 15.4 Å². The van der Waals surface area contributed by atoms with E-state index in [2.05, 4.69) is 68.8 Å². The Balaban J connectivity index is 1.80. The molecule has 1 aliphatic rings. The molecule has 0 spiro atoms. The number of hydrogen-bond acceptors (Lipinski definition) is 5. The van der Waals surface area contributed by atoms with Crippen molar-refractivity contribution in [1.29, 1.82) is 0 Å². The summed E-state index contributed by atoms with van der Waals surface area (Å²) in [5.41, 5.74) is 2.08. The third kappa shape index (κ3) is 3.98. The first-order valence-corrected chi connectivity index (χ1v) is 9.63. The van der Waals surface area contributed by atoms with Gasteiger partial charge in [-0.25, -0.2) is 4.98 Å².